The Kier molecular flexibility index (Phi) is 3.30. The number of nitrogens with zero attached hydrogens (tertiary/aromatic N) is 3. The van der Waals surface area contributed by atoms with Gasteiger partial charge in [0.25, 0.3) is 0 Å². The molecular weight excluding hydrogens is 304 g/mol. The van der Waals surface area contributed by atoms with Gasteiger partial charge in [-0.1, -0.05) is 12.1 Å². The molecule has 24 heavy (non-hydrogen) atoms. The van der Waals surface area contributed by atoms with Crippen LogP contribution in [0.5, 0.6) is 0 Å². The second kappa shape index (κ2) is 5.49. The number of para-hydroxylation sites is 2. The van der Waals surface area contributed by atoms with Gasteiger partial charge >= 0.3 is 5.97 Å². The topological polar surface area (TPSA) is 69.0 Å². The lowest BCUT2D eigenvalue weighted by molar-refractivity contribution is -0.136. The quantitative estimate of drug-likeness (QED) is 0.735. The van der Waals surface area contributed by atoms with Crippen LogP contribution in [-0.4, -0.2) is 27.6 Å². The zero-order chi connectivity index (χ0) is 16.7. The molecule has 3 aromatic rings. The van der Waals surface area contributed by atoms with Gasteiger partial charge in [-0.3, -0.25) is 9.55 Å². The van der Waals surface area contributed by atoms with Gasteiger partial charge in [0.1, 0.15) is 0 Å². The fourth-order valence-corrected chi connectivity index (χ4v) is 3.20. The Morgan fingerprint density at radius 3 is 2.71 bits per heavy atom. The number of carbonyl (C=O) groups is 1. The minimum Gasteiger partial charge on any atom is -0.466 e. The smallest absolute Gasteiger partial charge is 0.337 e. The number of ether oxygens (including phenoxy) is 1. The zero-order valence-corrected chi connectivity index (χ0v) is 13.4. The lowest BCUT2D eigenvalue weighted by atomic mass is 9.96. The van der Waals surface area contributed by atoms with E-state index in [0.29, 0.717) is 11.5 Å². The van der Waals surface area contributed by atoms with E-state index in [1.165, 1.54) is 7.11 Å². The maximum Gasteiger partial charge on any atom is 0.337 e. The number of hydrogen-bond donors (Lipinski definition) is 1. The summed E-state index contributed by atoms with van der Waals surface area (Å²) >= 11 is 0. The summed E-state index contributed by atoms with van der Waals surface area (Å²) in [6.45, 7) is 1.86. The maximum atomic E-state index is 12.5. The molecule has 1 N–H and O–H groups in total. The third-order valence-electron chi connectivity index (χ3n) is 4.26. The number of rotatable bonds is 2. The van der Waals surface area contributed by atoms with Gasteiger partial charge in [0.05, 0.1) is 29.8 Å². The van der Waals surface area contributed by atoms with Crippen LogP contribution in [-0.2, 0) is 9.53 Å². The molecule has 0 bridgehead atoms. The Hall–Kier alpha value is -3.15. The number of imidazole rings is 1. The standard InChI is InChI=1S/C18H16N4O2/c1-11-15(17(23)24-2)16(12-7-9-19-10-8-12)22-14-6-4-3-5-13(14)21-18(22)20-11/h3-10,16H,1-2H3,(H,20,21). The summed E-state index contributed by atoms with van der Waals surface area (Å²) in [5, 5.41) is 3.23. The highest BCUT2D eigenvalue weighted by Crippen LogP contribution is 2.39. The molecule has 3 heterocycles. The molecule has 0 saturated carbocycles. The van der Waals surface area contributed by atoms with Gasteiger partial charge in [-0.2, -0.15) is 0 Å². The number of nitrogens with one attached hydrogen (secondary N) is 1. The third-order valence-corrected chi connectivity index (χ3v) is 4.26. The molecular formula is C18H16N4O2. The molecule has 0 fully saturated rings. The number of hydrogen-bond acceptors (Lipinski definition) is 5. The first kappa shape index (κ1) is 14.4. The van der Waals surface area contributed by atoms with Crippen LogP contribution in [0, 0.1) is 0 Å². The molecule has 120 valence electrons. The van der Waals surface area contributed by atoms with E-state index in [1.807, 2.05) is 47.9 Å². The molecule has 1 aliphatic heterocycles. The van der Waals surface area contributed by atoms with E-state index in [2.05, 4.69) is 15.3 Å². The average Bonchev–Trinajstić information content (AvgIpc) is 2.98. The minimum absolute atomic E-state index is 0.316. The molecule has 0 amide bonds. The van der Waals surface area contributed by atoms with Crippen molar-refractivity contribution in [3.63, 3.8) is 0 Å². The lowest BCUT2D eigenvalue weighted by Crippen LogP contribution is -2.28. The van der Waals surface area contributed by atoms with Crippen LogP contribution >= 0.6 is 0 Å². The highest BCUT2D eigenvalue weighted by molar-refractivity contribution is 5.94. The molecule has 6 nitrogen and oxygen atoms in total. The summed E-state index contributed by atoms with van der Waals surface area (Å²) in [4.78, 5) is 21.2. The Morgan fingerprint density at radius 1 is 1.21 bits per heavy atom. The monoisotopic (exact) mass is 320 g/mol. The summed E-state index contributed by atoms with van der Waals surface area (Å²) in [7, 11) is 1.40. The number of anilines is 1. The molecule has 1 aliphatic rings. The van der Waals surface area contributed by atoms with Gasteiger partial charge in [-0.25, -0.2) is 9.78 Å². The predicted molar refractivity (Wildman–Crippen MR) is 90.4 cm³/mol. The molecule has 6 heteroatoms. The summed E-state index contributed by atoms with van der Waals surface area (Å²) in [5.41, 5.74) is 4.09. The van der Waals surface area contributed by atoms with Crippen molar-refractivity contribution in [1.82, 2.24) is 14.5 Å². The molecule has 1 unspecified atom stereocenters. The largest absolute Gasteiger partial charge is 0.466 e. The number of carbonyl (C=O) groups excluding carboxylic acids is 1. The molecule has 2 aromatic heterocycles. The van der Waals surface area contributed by atoms with Gasteiger partial charge in [0.15, 0.2) is 0 Å². The van der Waals surface area contributed by atoms with Crippen molar-refractivity contribution in [1.29, 1.82) is 0 Å². The number of benzene rings is 1. The van der Waals surface area contributed by atoms with E-state index < -0.39 is 0 Å². The SMILES string of the molecule is COC(=O)C1=C(C)Nc2nc3ccccc3n2C1c1ccncc1. The van der Waals surface area contributed by atoms with Gasteiger partial charge in [0, 0.05) is 18.1 Å². The van der Waals surface area contributed by atoms with E-state index in [1.54, 1.807) is 12.4 Å². The van der Waals surface area contributed by atoms with Crippen LogP contribution in [0.2, 0.25) is 0 Å². The molecule has 0 aliphatic carbocycles. The van der Waals surface area contributed by atoms with Crippen LogP contribution in [0.25, 0.3) is 11.0 Å². The van der Waals surface area contributed by atoms with E-state index in [9.17, 15) is 4.79 Å². The Balaban J connectivity index is 2.02. The number of esters is 1. The van der Waals surface area contributed by atoms with Crippen molar-refractivity contribution in [2.45, 2.75) is 13.0 Å². The van der Waals surface area contributed by atoms with Crippen molar-refractivity contribution in [3.05, 3.63) is 65.6 Å². The highest BCUT2D eigenvalue weighted by atomic mass is 16.5. The molecule has 0 radical (unpaired) electrons. The number of pyridine rings is 1. The first-order valence-electron chi connectivity index (χ1n) is 7.63. The number of allylic oxidation sites excluding steroid dienone is 1. The van der Waals surface area contributed by atoms with Crippen LogP contribution < -0.4 is 5.32 Å². The van der Waals surface area contributed by atoms with Gasteiger partial charge in [0.2, 0.25) is 5.95 Å². The fraction of sp³-hybridized carbons (Fsp3) is 0.167. The predicted octanol–water partition coefficient (Wildman–Crippen LogP) is 2.89. The van der Waals surface area contributed by atoms with Gasteiger partial charge < -0.3 is 10.1 Å². The van der Waals surface area contributed by atoms with Crippen molar-refractivity contribution in [2.24, 2.45) is 0 Å². The van der Waals surface area contributed by atoms with Crippen molar-refractivity contribution >= 4 is 23.0 Å². The van der Waals surface area contributed by atoms with Gasteiger partial charge in [-0.15, -0.1) is 0 Å². The Morgan fingerprint density at radius 2 is 1.96 bits per heavy atom. The van der Waals surface area contributed by atoms with Crippen LogP contribution in [0.3, 0.4) is 0 Å². The molecule has 0 saturated heterocycles. The minimum atomic E-state index is -0.356. The van der Waals surface area contributed by atoms with E-state index >= 15 is 0 Å². The summed E-state index contributed by atoms with van der Waals surface area (Å²) in [5.74, 6) is 0.355. The van der Waals surface area contributed by atoms with E-state index in [-0.39, 0.29) is 12.0 Å². The third kappa shape index (κ3) is 2.07. The molecule has 1 atom stereocenters. The average molecular weight is 320 g/mol. The van der Waals surface area contributed by atoms with Crippen molar-refractivity contribution in [2.75, 3.05) is 12.4 Å². The van der Waals surface area contributed by atoms with Crippen molar-refractivity contribution < 1.29 is 9.53 Å². The second-order valence-electron chi connectivity index (χ2n) is 5.63. The van der Waals surface area contributed by atoms with Crippen LogP contribution in [0.15, 0.2) is 60.1 Å². The fourth-order valence-electron chi connectivity index (χ4n) is 3.20. The zero-order valence-electron chi connectivity index (χ0n) is 13.4. The normalized spacial score (nSPS) is 16.7. The number of methoxy groups -OCH3 is 1. The first-order valence-corrected chi connectivity index (χ1v) is 7.63. The molecule has 1 aromatic carbocycles. The number of aromatic nitrogens is 3. The number of fused-ring (bicyclic) bond motifs is 3. The Labute approximate surface area is 138 Å². The maximum absolute atomic E-state index is 12.5. The van der Waals surface area contributed by atoms with E-state index in [0.717, 1.165) is 22.3 Å². The first-order chi connectivity index (χ1) is 11.7. The molecule has 0 spiro atoms. The highest BCUT2D eigenvalue weighted by Gasteiger charge is 2.34. The van der Waals surface area contributed by atoms with Crippen LogP contribution in [0.4, 0.5) is 5.95 Å². The summed E-state index contributed by atoms with van der Waals surface area (Å²) in [6, 6.07) is 11.4. The van der Waals surface area contributed by atoms with Gasteiger partial charge in [-0.05, 0) is 36.8 Å². The summed E-state index contributed by atoms with van der Waals surface area (Å²) in [6.07, 6.45) is 3.45. The Bertz CT molecular complexity index is 960. The second-order valence-corrected chi connectivity index (χ2v) is 5.63. The van der Waals surface area contributed by atoms with E-state index in [4.69, 9.17) is 4.74 Å². The van der Waals surface area contributed by atoms with Crippen LogP contribution in [0.1, 0.15) is 18.5 Å². The summed E-state index contributed by atoms with van der Waals surface area (Å²) < 4.78 is 7.06. The van der Waals surface area contributed by atoms with Crippen molar-refractivity contribution in [3.8, 4) is 0 Å². The molecule has 4 rings (SSSR count). The lowest BCUT2D eigenvalue weighted by Gasteiger charge is -2.29.